The summed E-state index contributed by atoms with van der Waals surface area (Å²) in [4.78, 5) is 10.2. The van der Waals surface area contributed by atoms with Gasteiger partial charge in [-0.15, -0.1) is 0 Å². The Bertz CT molecular complexity index is 379. The molecule has 1 atom stereocenters. The van der Waals surface area contributed by atoms with Crippen LogP contribution in [0, 0.1) is 21.4 Å². The second kappa shape index (κ2) is 5.27. The summed E-state index contributed by atoms with van der Waals surface area (Å²) in [6.45, 7) is 7.11. The van der Waals surface area contributed by atoms with E-state index in [2.05, 4.69) is 20.8 Å². The molecule has 1 rings (SSSR count). The molecule has 1 unspecified atom stereocenters. The van der Waals surface area contributed by atoms with Crippen LogP contribution in [-0.2, 0) is 6.42 Å². The first-order valence-corrected chi connectivity index (χ1v) is 5.78. The largest absolute Gasteiger partial charge is 0.330 e. The Morgan fingerprint density at radius 3 is 2.18 bits per heavy atom. The summed E-state index contributed by atoms with van der Waals surface area (Å²) in [5.74, 6) is 0.379. The lowest BCUT2D eigenvalue weighted by atomic mass is 9.77. The maximum atomic E-state index is 10.5. The van der Waals surface area contributed by atoms with E-state index >= 15 is 0 Å². The van der Waals surface area contributed by atoms with Gasteiger partial charge in [0.1, 0.15) is 0 Å². The van der Waals surface area contributed by atoms with E-state index in [-0.39, 0.29) is 16.0 Å². The number of hydrogen-bond donors (Lipinski definition) is 1. The van der Waals surface area contributed by atoms with Crippen molar-refractivity contribution in [1.82, 2.24) is 0 Å². The number of benzene rings is 1. The first-order valence-electron chi connectivity index (χ1n) is 5.78. The van der Waals surface area contributed by atoms with Crippen molar-refractivity contribution >= 4 is 5.69 Å². The summed E-state index contributed by atoms with van der Waals surface area (Å²) in [6, 6.07) is 6.72. The highest BCUT2D eigenvalue weighted by molar-refractivity contribution is 5.33. The van der Waals surface area contributed by atoms with E-state index in [1.165, 1.54) is 0 Å². The molecule has 2 N–H and O–H groups in total. The molecule has 0 aliphatic rings. The third-order valence-electron chi connectivity index (χ3n) is 3.14. The number of nitrogens with zero attached hydrogens (tertiary/aromatic N) is 1. The van der Waals surface area contributed by atoms with E-state index in [1.807, 2.05) is 12.1 Å². The lowest BCUT2D eigenvalue weighted by molar-refractivity contribution is -0.384. The zero-order valence-electron chi connectivity index (χ0n) is 10.6. The lowest BCUT2D eigenvalue weighted by Gasteiger charge is -2.29. The molecule has 0 aromatic heterocycles. The molecule has 0 heterocycles. The predicted octanol–water partition coefficient (Wildman–Crippen LogP) is 2.76. The molecular weight excluding hydrogens is 216 g/mol. The van der Waals surface area contributed by atoms with Crippen molar-refractivity contribution in [2.45, 2.75) is 27.2 Å². The van der Waals surface area contributed by atoms with Crippen LogP contribution in [0.4, 0.5) is 5.69 Å². The van der Waals surface area contributed by atoms with Gasteiger partial charge < -0.3 is 5.73 Å². The van der Waals surface area contributed by atoms with Gasteiger partial charge in [0.05, 0.1) is 4.92 Å². The Kier molecular flexibility index (Phi) is 4.23. The van der Waals surface area contributed by atoms with E-state index in [4.69, 9.17) is 5.73 Å². The zero-order valence-corrected chi connectivity index (χ0v) is 10.6. The van der Waals surface area contributed by atoms with Crippen LogP contribution in [0.2, 0.25) is 0 Å². The van der Waals surface area contributed by atoms with Gasteiger partial charge in [0.15, 0.2) is 0 Å². The molecule has 1 aromatic carbocycles. The zero-order chi connectivity index (χ0) is 13.1. The second-order valence-corrected chi connectivity index (χ2v) is 5.43. The fourth-order valence-corrected chi connectivity index (χ4v) is 1.78. The van der Waals surface area contributed by atoms with Crippen molar-refractivity contribution in [2.24, 2.45) is 17.1 Å². The van der Waals surface area contributed by atoms with Crippen LogP contribution in [-0.4, -0.2) is 11.5 Å². The molecule has 0 saturated carbocycles. The highest BCUT2D eigenvalue weighted by Gasteiger charge is 2.23. The Balaban J connectivity index is 2.78. The average Bonchev–Trinajstić information content (AvgIpc) is 2.24. The van der Waals surface area contributed by atoms with Crippen LogP contribution in [0.25, 0.3) is 0 Å². The van der Waals surface area contributed by atoms with E-state index < -0.39 is 0 Å². The van der Waals surface area contributed by atoms with Gasteiger partial charge in [0.2, 0.25) is 0 Å². The van der Waals surface area contributed by atoms with Crippen LogP contribution < -0.4 is 5.73 Å². The molecule has 1 aromatic rings. The van der Waals surface area contributed by atoms with Gasteiger partial charge in [0.25, 0.3) is 5.69 Å². The van der Waals surface area contributed by atoms with Gasteiger partial charge in [-0.3, -0.25) is 10.1 Å². The molecule has 17 heavy (non-hydrogen) atoms. The third kappa shape index (κ3) is 3.82. The van der Waals surface area contributed by atoms with E-state index in [0.717, 1.165) is 12.0 Å². The van der Waals surface area contributed by atoms with E-state index in [0.29, 0.717) is 12.5 Å². The van der Waals surface area contributed by atoms with Crippen LogP contribution in [0.1, 0.15) is 26.3 Å². The molecule has 0 spiro atoms. The summed E-state index contributed by atoms with van der Waals surface area (Å²) < 4.78 is 0. The summed E-state index contributed by atoms with van der Waals surface area (Å²) in [7, 11) is 0. The number of non-ortho nitro benzene ring substituents is 1. The molecular formula is C13H20N2O2. The van der Waals surface area contributed by atoms with Crippen molar-refractivity contribution in [3.8, 4) is 0 Å². The highest BCUT2D eigenvalue weighted by Crippen LogP contribution is 2.28. The Morgan fingerprint density at radius 1 is 1.29 bits per heavy atom. The van der Waals surface area contributed by atoms with Gasteiger partial charge in [0, 0.05) is 12.1 Å². The van der Waals surface area contributed by atoms with Crippen LogP contribution in [0.3, 0.4) is 0 Å². The second-order valence-electron chi connectivity index (χ2n) is 5.43. The molecule has 0 radical (unpaired) electrons. The maximum absolute atomic E-state index is 10.5. The predicted molar refractivity (Wildman–Crippen MR) is 68.8 cm³/mol. The normalized spacial score (nSPS) is 13.4. The molecule has 0 bridgehead atoms. The van der Waals surface area contributed by atoms with E-state index in [9.17, 15) is 10.1 Å². The minimum Gasteiger partial charge on any atom is -0.330 e. The Labute approximate surface area is 102 Å². The standard InChI is InChI=1S/C13H20N2O2/c1-13(2,3)11(9-14)8-10-4-6-12(7-5-10)15(16)17/h4-7,11H,8-9,14H2,1-3H3. The molecule has 0 saturated heterocycles. The number of nitrogens with two attached hydrogens (primary N) is 1. The smallest absolute Gasteiger partial charge is 0.269 e. The molecule has 0 aliphatic carbocycles. The Morgan fingerprint density at radius 2 is 1.82 bits per heavy atom. The topological polar surface area (TPSA) is 69.2 Å². The molecule has 0 fully saturated rings. The van der Waals surface area contributed by atoms with Crippen molar-refractivity contribution < 1.29 is 4.92 Å². The molecule has 0 aliphatic heterocycles. The number of rotatable bonds is 4. The summed E-state index contributed by atoms with van der Waals surface area (Å²) in [6.07, 6.45) is 0.859. The summed E-state index contributed by atoms with van der Waals surface area (Å²) in [5, 5.41) is 10.5. The summed E-state index contributed by atoms with van der Waals surface area (Å²) >= 11 is 0. The van der Waals surface area contributed by atoms with Gasteiger partial charge in [-0.2, -0.15) is 0 Å². The fourth-order valence-electron chi connectivity index (χ4n) is 1.78. The van der Waals surface area contributed by atoms with Crippen LogP contribution in [0.15, 0.2) is 24.3 Å². The fraction of sp³-hybridized carbons (Fsp3) is 0.538. The van der Waals surface area contributed by atoms with Crippen molar-refractivity contribution in [1.29, 1.82) is 0 Å². The quantitative estimate of drug-likeness (QED) is 0.645. The molecule has 4 heteroatoms. The Hall–Kier alpha value is -1.42. The van der Waals surface area contributed by atoms with Gasteiger partial charge in [-0.1, -0.05) is 32.9 Å². The minimum atomic E-state index is -0.381. The average molecular weight is 236 g/mol. The first-order chi connectivity index (χ1) is 7.84. The minimum absolute atomic E-state index is 0.133. The third-order valence-corrected chi connectivity index (χ3v) is 3.14. The van der Waals surface area contributed by atoms with Gasteiger partial charge in [-0.25, -0.2) is 0 Å². The first kappa shape index (κ1) is 13.6. The van der Waals surface area contributed by atoms with Gasteiger partial charge in [-0.05, 0) is 29.9 Å². The van der Waals surface area contributed by atoms with Crippen molar-refractivity contribution in [3.05, 3.63) is 39.9 Å². The van der Waals surface area contributed by atoms with Crippen LogP contribution in [0.5, 0.6) is 0 Å². The lowest BCUT2D eigenvalue weighted by Crippen LogP contribution is -2.29. The number of nitro benzene ring substituents is 1. The van der Waals surface area contributed by atoms with Crippen molar-refractivity contribution in [2.75, 3.05) is 6.54 Å². The highest BCUT2D eigenvalue weighted by atomic mass is 16.6. The molecule has 0 amide bonds. The summed E-state index contributed by atoms with van der Waals surface area (Å²) in [5.41, 5.74) is 7.16. The monoisotopic (exact) mass is 236 g/mol. The van der Waals surface area contributed by atoms with Crippen LogP contribution >= 0.6 is 0 Å². The van der Waals surface area contributed by atoms with E-state index in [1.54, 1.807) is 12.1 Å². The molecule has 94 valence electrons. The van der Waals surface area contributed by atoms with Crippen molar-refractivity contribution in [3.63, 3.8) is 0 Å². The number of nitro groups is 1. The molecule has 4 nitrogen and oxygen atoms in total. The maximum Gasteiger partial charge on any atom is 0.269 e. The van der Waals surface area contributed by atoms with Gasteiger partial charge >= 0.3 is 0 Å². The SMILES string of the molecule is CC(C)(C)C(CN)Cc1ccc([N+](=O)[O-])cc1. The number of hydrogen-bond acceptors (Lipinski definition) is 3.